The van der Waals surface area contributed by atoms with Crippen LogP contribution < -0.4 is 16.3 Å². The molecule has 0 fully saturated rings. The summed E-state index contributed by atoms with van der Waals surface area (Å²) < 4.78 is 9.80. The van der Waals surface area contributed by atoms with E-state index in [2.05, 4.69) is 17.2 Å². The van der Waals surface area contributed by atoms with E-state index in [-0.39, 0.29) is 17.9 Å². The van der Waals surface area contributed by atoms with Crippen molar-refractivity contribution in [3.63, 3.8) is 0 Å². The predicted molar refractivity (Wildman–Crippen MR) is 96.6 cm³/mol. The molecule has 27 heavy (non-hydrogen) atoms. The lowest BCUT2D eigenvalue weighted by Gasteiger charge is -2.16. The molecule has 0 spiro atoms. The largest absolute Gasteiger partial charge is 0.481 e. The number of anilines is 1. The zero-order chi connectivity index (χ0) is 20.0. The molecule has 2 amide bonds. The first-order chi connectivity index (χ1) is 12.8. The first kappa shape index (κ1) is 19.7. The maximum Gasteiger partial charge on any atom is 0.408 e. The van der Waals surface area contributed by atoms with E-state index >= 15 is 0 Å². The van der Waals surface area contributed by atoms with Crippen LogP contribution in [0.4, 0.5) is 10.5 Å². The van der Waals surface area contributed by atoms with Gasteiger partial charge in [0.2, 0.25) is 5.91 Å². The highest BCUT2D eigenvalue weighted by Gasteiger charge is 2.24. The number of carboxylic acids is 1. The number of benzene rings is 1. The molecule has 3 N–H and O–H groups in total. The fourth-order valence-corrected chi connectivity index (χ4v) is 2.33. The van der Waals surface area contributed by atoms with Crippen LogP contribution in [0.1, 0.15) is 12.0 Å². The Balaban J connectivity index is 2.19. The topological polar surface area (TPSA) is 135 Å². The summed E-state index contributed by atoms with van der Waals surface area (Å²) >= 11 is 0. The van der Waals surface area contributed by atoms with Gasteiger partial charge in [0, 0.05) is 23.2 Å². The molecular formula is C18H18N2O7. The molecule has 0 bridgehead atoms. The number of aryl methyl sites for hydroxylation is 1. The second-order valence-corrected chi connectivity index (χ2v) is 5.63. The number of nitrogens with one attached hydrogen (secondary N) is 2. The molecule has 1 atom stereocenters. The number of rotatable bonds is 7. The highest BCUT2D eigenvalue weighted by molar-refractivity contribution is 5.99. The Hall–Kier alpha value is -3.62. The minimum atomic E-state index is -1.36. The Kier molecular flexibility index (Phi) is 6.32. The molecule has 0 saturated heterocycles. The molecule has 0 radical (unpaired) electrons. The minimum Gasteiger partial charge on any atom is -0.481 e. The van der Waals surface area contributed by atoms with Crippen LogP contribution in [-0.4, -0.2) is 35.7 Å². The molecule has 0 aliphatic heterocycles. The van der Waals surface area contributed by atoms with Crippen LogP contribution in [0.3, 0.4) is 0 Å². The fraction of sp³-hybridized carbons (Fsp3) is 0.222. The number of carboxylic acid groups (broad SMARTS) is 1. The normalized spacial score (nSPS) is 11.4. The van der Waals surface area contributed by atoms with Gasteiger partial charge in [0.25, 0.3) is 0 Å². The molecule has 0 aliphatic rings. The van der Waals surface area contributed by atoms with Gasteiger partial charge in [0.1, 0.15) is 18.2 Å². The van der Waals surface area contributed by atoms with E-state index in [4.69, 9.17) is 14.3 Å². The summed E-state index contributed by atoms with van der Waals surface area (Å²) in [7, 11) is 0. The molecule has 0 unspecified atom stereocenters. The number of amides is 2. The van der Waals surface area contributed by atoms with Crippen LogP contribution in [0.25, 0.3) is 11.0 Å². The van der Waals surface area contributed by atoms with Gasteiger partial charge < -0.3 is 24.9 Å². The van der Waals surface area contributed by atoms with E-state index in [0.717, 1.165) is 5.56 Å². The summed E-state index contributed by atoms with van der Waals surface area (Å²) in [6.07, 6.45) is -0.260. The fourth-order valence-electron chi connectivity index (χ4n) is 2.33. The second kappa shape index (κ2) is 8.65. The molecule has 1 aromatic carbocycles. The Morgan fingerprint density at radius 3 is 2.74 bits per heavy atom. The molecule has 2 rings (SSSR count). The number of fused-ring (bicyclic) bond motifs is 1. The summed E-state index contributed by atoms with van der Waals surface area (Å²) in [4.78, 5) is 46.4. The molecule has 1 aromatic heterocycles. The van der Waals surface area contributed by atoms with E-state index in [9.17, 15) is 19.2 Å². The van der Waals surface area contributed by atoms with Gasteiger partial charge in [-0.1, -0.05) is 12.7 Å². The van der Waals surface area contributed by atoms with Crippen LogP contribution in [0, 0.1) is 6.92 Å². The van der Waals surface area contributed by atoms with Gasteiger partial charge >= 0.3 is 17.7 Å². The first-order valence-corrected chi connectivity index (χ1v) is 7.91. The van der Waals surface area contributed by atoms with Gasteiger partial charge in [-0.05, 0) is 24.6 Å². The first-order valence-electron chi connectivity index (χ1n) is 7.91. The highest BCUT2D eigenvalue weighted by Crippen LogP contribution is 2.21. The summed E-state index contributed by atoms with van der Waals surface area (Å²) in [6.45, 7) is 5.04. The SMILES string of the molecule is C=CCOC(=O)N[C@@H](CC(=O)O)C(=O)Nc1ccc2c(C)cc(=O)oc2c1. The van der Waals surface area contributed by atoms with Gasteiger partial charge in [0.05, 0.1) is 6.42 Å². The molecule has 142 valence electrons. The van der Waals surface area contributed by atoms with Gasteiger partial charge in [-0.15, -0.1) is 0 Å². The van der Waals surface area contributed by atoms with Crippen molar-refractivity contribution in [2.75, 3.05) is 11.9 Å². The van der Waals surface area contributed by atoms with Gasteiger partial charge in [-0.2, -0.15) is 0 Å². The number of hydrogen-bond donors (Lipinski definition) is 3. The quantitative estimate of drug-likeness (QED) is 0.497. The third-order valence-electron chi connectivity index (χ3n) is 3.54. The van der Waals surface area contributed by atoms with Gasteiger partial charge in [-0.25, -0.2) is 9.59 Å². The molecule has 2 aromatic rings. The molecule has 9 nitrogen and oxygen atoms in total. The standard InChI is InChI=1S/C18H18N2O7/c1-3-6-26-18(25)20-13(9-15(21)22)17(24)19-11-4-5-12-10(2)7-16(23)27-14(12)8-11/h3-5,7-8,13H,1,6,9H2,2H3,(H,19,24)(H,20,25)(H,21,22)/t13-/m0/s1. The predicted octanol–water partition coefficient (Wildman–Crippen LogP) is 1.80. The molecule has 0 aliphatic carbocycles. The third kappa shape index (κ3) is 5.43. The van der Waals surface area contributed by atoms with Gasteiger partial charge in [-0.3, -0.25) is 9.59 Å². The maximum atomic E-state index is 12.4. The Morgan fingerprint density at radius 1 is 1.33 bits per heavy atom. The third-order valence-corrected chi connectivity index (χ3v) is 3.54. The summed E-state index contributed by atoms with van der Waals surface area (Å²) in [5.41, 5.74) is 0.734. The van der Waals surface area contributed by atoms with Crippen LogP contribution in [0.2, 0.25) is 0 Å². The number of aliphatic carboxylic acids is 1. The van der Waals surface area contributed by atoms with Crippen LogP contribution >= 0.6 is 0 Å². The monoisotopic (exact) mass is 374 g/mol. The molecule has 9 heteroatoms. The minimum absolute atomic E-state index is 0.0870. The highest BCUT2D eigenvalue weighted by atomic mass is 16.5. The molecule has 0 saturated carbocycles. The second-order valence-electron chi connectivity index (χ2n) is 5.63. The Bertz CT molecular complexity index is 948. The van der Waals surface area contributed by atoms with Crippen LogP contribution in [0.15, 0.2) is 46.1 Å². The number of carbonyl (C=O) groups is 3. The van der Waals surface area contributed by atoms with Crippen molar-refractivity contribution in [1.29, 1.82) is 0 Å². The van der Waals surface area contributed by atoms with Crippen molar-refractivity contribution in [2.24, 2.45) is 0 Å². The maximum absolute atomic E-state index is 12.4. The number of carbonyl (C=O) groups excluding carboxylic acids is 2. The molecular weight excluding hydrogens is 356 g/mol. The number of ether oxygens (including phenoxy) is 1. The van der Waals surface area contributed by atoms with Crippen molar-refractivity contribution < 1.29 is 28.6 Å². The Morgan fingerprint density at radius 2 is 2.07 bits per heavy atom. The Labute approximate surface area is 153 Å². The van der Waals surface area contributed by atoms with E-state index < -0.39 is 36.1 Å². The van der Waals surface area contributed by atoms with Crippen molar-refractivity contribution in [3.05, 3.63) is 52.9 Å². The zero-order valence-electron chi connectivity index (χ0n) is 14.5. The van der Waals surface area contributed by atoms with Crippen molar-refractivity contribution in [3.8, 4) is 0 Å². The summed E-state index contributed by atoms with van der Waals surface area (Å²) in [6, 6.07) is 4.65. The average Bonchev–Trinajstić information content (AvgIpc) is 2.58. The van der Waals surface area contributed by atoms with E-state index in [1.165, 1.54) is 18.2 Å². The summed E-state index contributed by atoms with van der Waals surface area (Å²) in [5.74, 6) is -2.04. The lowest BCUT2D eigenvalue weighted by atomic mass is 10.1. The van der Waals surface area contributed by atoms with Crippen LogP contribution in [0.5, 0.6) is 0 Å². The summed E-state index contributed by atoms with van der Waals surface area (Å²) in [5, 5.41) is 14.3. The van der Waals surface area contributed by atoms with E-state index in [0.29, 0.717) is 5.39 Å². The van der Waals surface area contributed by atoms with E-state index in [1.807, 2.05) is 0 Å². The van der Waals surface area contributed by atoms with Crippen molar-refractivity contribution in [2.45, 2.75) is 19.4 Å². The number of alkyl carbamates (subject to hydrolysis) is 1. The lowest BCUT2D eigenvalue weighted by molar-refractivity contribution is -0.139. The number of hydrogen-bond acceptors (Lipinski definition) is 6. The van der Waals surface area contributed by atoms with E-state index in [1.54, 1.807) is 19.1 Å². The average molecular weight is 374 g/mol. The molecule has 1 heterocycles. The van der Waals surface area contributed by atoms with Crippen molar-refractivity contribution in [1.82, 2.24) is 5.32 Å². The zero-order valence-corrected chi connectivity index (χ0v) is 14.5. The van der Waals surface area contributed by atoms with Gasteiger partial charge in [0.15, 0.2) is 0 Å². The lowest BCUT2D eigenvalue weighted by Crippen LogP contribution is -2.45. The van der Waals surface area contributed by atoms with Crippen LogP contribution in [-0.2, 0) is 14.3 Å². The van der Waals surface area contributed by atoms with Crippen molar-refractivity contribution >= 4 is 34.6 Å². The smallest absolute Gasteiger partial charge is 0.408 e.